The van der Waals surface area contributed by atoms with Crippen molar-refractivity contribution in [3.63, 3.8) is 0 Å². The standard InChI is InChI=1S/C18H16N2O2/c1-11-9-19-17(21)15-7-13-5-3-4-6-14(13)8-16(15)18(22)20(19)10-12(11)2/h3-8H,9-10H2,1-2H3. The zero-order valence-corrected chi connectivity index (χ0v) is 12.6. The van der Waals surface area contributed by atoms with Crippen molar-refractivity contribution in [2.24, 2.45) is 0 Å². The zero-order valence-electron chi connectivity index (χ0n) is 12.6. The van der Waals surface area contributed by atoms with Crippen molar-refractivity contribution in [3.8, 4) is 0 Å². The van der Waals surface area contributed by atoms with E-state index >= 15 is 0 Å². The van der Waals surface area contributed by atoms with E-state index in [1.807, 2.05) is 50.2 Å². The molecular formula is C18H16N2O2. The number of rotatable bonds is 0. The second-order valence-corrected chi connectivity index (χ2v) is 6.03. The van der Waals surface area contributed by atoms with Crippen LogP contribution in [0.25, 0.3) is 21.5 Å². The van der Waals surface area contributed by atoms with E-state index in [1.54, 1.807) is 9.36 Å². The summed E-state index contributed by atoms with van der Waals surface area (Å²) in [5.74, 6) is 0. The summed E-state index contributed by atoms with van der Waals surface area (Å²) in [5, 5.41) is 2.98. The van der Waals surface area contributed by atoms with Crippen LogP contribution in [0.15, 0.2) is 57.1 Å². The lowest BCUT2D eigenvalue weighted by molar-refractivity contribution is 0.437. The Hall–Kier alpha value is -2.62. The van der Waals surface area contributed by atoms with Gasteiger partial charge in [0.15, 0.2) is 0 Å². The molecule has 0 spiro atoms. The quantitative estimate of drug-likeness (QED) is 0.472. The van der Waals surface area contributed by atoms with Gasteiger partial charge in [-0.05, 0) is 36.8 Å². The molecule has 0 bridgehead atoms. The Labute approximate surface area is 126 Å². The summed E-state index contributed by atoms with van der Waals surface area (Å²) in [5.41, 5.74) is 2.13. The lowest BCUT2D eigenvalue weighted by Crippen LogP contribution is -2.41. The first kappa shape index (κ1) is 13.1. The molecule has 1 aliphatic heterocycles. The first-order valence-electron chi connectivity index (χ1n) is 7.38. The van der Waals surface area contributed by atoms with E-state index in [0.29, 0.717) is 23.9 Å². The van der Waals surface area contributed by atoms with E-state index in [-0.39, 0.29) is 11.1 Å². The highest BCUT2D eigenvalue weighted by molar-refractivity contribution is 5.97. The lowest BCUT2D eigenvalue weighted by Gasteiger charge is -2.23. The summed E-state index contributed by atoms with van der Waals surface area (Å²) in [6.07, 6.45) is 0. The summed E-state index contributed by atoms with van der Waals surface area (Å²) in [4.78, 5) is 25.6. The molecule has 0 saturated heterocycles. The molecule has 2 aromatic carbocycles. The number of allylic oxidation sites excluding steroid dienone is 2. The molecule has 1 aliphatic rings. The summed E-state index contributed by atoms with van der Waals surface area (Å²) >= 11 is 0. The molecule has 0 unspecified atom stereocenters. The Balaban J connectivity index is 2.17. The second kappa shape index (κ2) is 4.44. The molecule has 4 nitrogen and oxygen atoms in total. The van der Waals surface area contributed by atoms with Crippen LogP contribution in [0.3, 0.4) is 0 Å². The average molecular weight is 292 g/mol. The van der Waals surface area contributed by atoms with Gasteiger partial charge in [0.1, 0.15) is 0 Å². The monoisotopic (exact) mass is 292 g/mol. The van der Waals surface area contributed by atoms with E-state index in [1.165, 1.54) is 0 Å². The predicted octanol–water partition coefficient (Wildman–Crippen LogP) is 2.67. The fourth-order valence-corrected chi connectivity index (χ4v) is 3.13. The maximum absolute atomic E-state index is 12.8. The third-order valence-electron chi connectivity index (χ3n) is 4.61. The van der Waals surface area contributed by atoms with Crippen molar-refractivity contribution in [2.45, 2.75) is 26.9 Å². The van der Waals surface area contributed by atoms with Gasteiger partial charge in [-0.2, -0.15) is 0 Å². The van der Waals surface area contributed by atoms with Crippen LogP contribution >= 0.6 is 0 Å². The van der Waals surface area contributed by atoms with Crippen molar-refractivity contribution in [2.75, 3.05) is 0 Å². The Morgan fingerprint density at radius 3 is 1.59 bits per heavy atom. The Bertz CT molecular complexity index is 998. The van der Waals surface area contributed by atoms with Gasteiger partial charge in [0.2, 0.25) is 0 Å². The minimum absolute atomic E-state index is 0.0906. The van der Waals surface area contributed by atoms with Gasteiger partial charge in [-0.15, -0.1) is 0 Å². The number of hydrogen-bond donors (Lipinski definition) is 0. The normalized spacial score (nSPS) is 14.6. The van der Waals surface area contributed by atoms with Gasteiger partial charge in [0.05, 0.1) is 23.9 Å². The van der Waals surface area contributed by atoms with Crippen molar-refractivity contribution < 1.29 is 0 Å². The number of aromatic nitrogens is 2. The zero-order chi connectivity index (χ0) is 15.4. The SMILES string of the molecule is CC1=C(C)Cn2c(=O)c3cc4ccccc4cc3c(=O)n2C1. The van der Waals surface area contributed by atoms with Crippen molar-refractivity contribution >= 4 is 21.5 Å². The molecule has 1 aromatic heterocycles. The molecule has 0 N–H and O–H groups in total. The summed E-state index contributed by atoms with van der Waals surface area (Å²) in [6.45, 7) is 5.01. The van der Waals surface area contributed by atoms with E-state index in [4.69, 9.17) is 0 Å². The van der Waals surface area contributed by atoms with Gasteiger partial charge in [-0.3, -0.25) is 9.59 Å². The fraction of sp³-hybridized carbons (Fsp3) is 0.222. The molecule has 0 fully saturated rings. The Morgan fingerprint density at radius 1 is 0.773 bits per heavy atom. The highest BCUT2D eigenvalue weighted by atomic mass is 16.2. The molecule has 0 radical (unpaired) electrons. The van der Waals surface area contributed by atoms with Crippen LogP contribution in [0, 0.1) is 0 Å². The Kier molecular flexibility index (Phi) is 2.64. The van der Waals surface area contributed by atoms with Crippen LogP contribution in [0.4, 0.5) is 0 Å². The van der Waals surface area contributed by atoms with Gasteiger partial charge in [-0.1, -0.05) is 35.4 Å². The van der Waals surface area contributed by atoms with Crippen molar-refractivity contribution in [3.05, 3.63) is 68.3 Å². The lowest BCUT2D eigenvalue weighted by atomic mass is 10.0. The third-order valence-corrected chi connectivity index (χ3v) is 4.61. The maximum Gasteiger partial charge on any atom is 0.273 e. The number of benzene rings is 2. The van der Waals surface area contributed by atoms with E-state index in [2.05, 4.69) is 0 Å². The topological polar surface area (TPSA) is 44.0 Å². The summed E-state index contributed by atoms with van der Waals surface area (Å²) in [7, 11) is 0. The van der Waals surface area contributed by atoms with Crippen LogP contribution in [0.5, 0.6) is 0 Å². The van der Waals surface area contributed by atoms with Gasteiger partial charge >= 0.3 is 0 Å². The van der Waals surface area contributed by atoms with Crippen LogP contribution in [0.1, 0.15) is 13.8 Å². The van der Waals surface area contributed by atoms with Crippen molar-refractivity contribution in [1.82, 2.24) is 9.36 Å². The fourth-order valence-electron chi connectivity index (χ4n) is 3.13. The third kappa shape index (κ3) is 1.70. The summed E-state index contributed by atoms with van der Waals surface area (Å²) in [6, 6.07) is 11.5. The smallest absolute Gasteiger partial charge is 0.267 e. The molecule has 2 heterocycles. The van der Waals surface area contributed by atoms with E-state index < -0.39 is 0 Å². The van der Waals surface area contributed by atoms with Gasteiger partial charge < -0.3 is 0 Å². The average Bonchev–Trinajstić information content (AvgIpc) is 2.53. The van der Waals surface area contributed by atoms with Gasteiger partial charge in [0, 0.05) is 0 Å². The van der Waals surface area contributed by atoms with Gasteiger partial charge in [0.25, 0.3) is 11.1 Å². The van der Waals surface area contributed by atoms with Crippen molar-refractivity contribution in [1.29, 1.82) is 0 Å². The minimum atomic E-state index is -0.0906. The number of fused-ring (bicyclic) bond motifs is 3. The highest BCUT2D eigenvalue weighted by Gasteiger charge is 2.18. The molecule has 0 saturated carbocycles. The molecule has 0 atom stereocenters. The predicted molar refractivity (Wildman–Crippen MR) is 88.3 cm³/mol. The molecule has 22 heavy (non-hydrogen) atoms. The molecule has 0 amide bonds. The van der Waals surface area contributed by atoms with Crippen LogP contribution in [-0.4, -0.2) is 9.36 Å². The largest absolute Gasteiger partial charge is 0.273 e. The van der Waals surface area contributed by atoms with Crippen LogP contribution < -0.4 is 11.1 Å². The molecule has 0 aliphatic carbocycles. The first-order valence-corrected chi connectivity index (χ1v) is 7.38. The number of nitrogens with zero attached hydrogens (tertiary/aromatic N) is 2. The maximum atomic E-state index is 12.8. The van der Waals surface area contributed by atoms with E-state index in [9.17, 15) is 9.59 Å². The summed E-state index contributed by atoms with van der Waals surface area (Å²) < 4.78 is 3.14. The number of hydrogen-bond acceptors (Lipinski definition) is 2. The minimum Gasteiger partial charge on any atom is -0.267 e. The molecule has 4 heteroatoms. The second-order valence-electron chi connectivity index (χ2n) is 6.03. The van der Waals surface area contributed by atoms with Crippen LogP contribution in [-0.2, 0) is 13.1 Å². The first-order chi connectivity index (χ1) is 10.6. The van der Waals surface area contributed by atoms with Gasteiger partial charge in [-0.25, -0.2) is 9.36 Å². The Morgan fingerprint density at radius 2 is 1.18 bits per heavy atom. The van der Waals surface area contributed by atoms with E-state index in [0.717, 1.165) is 21.9 Å². The molecular weight excluding hydrogens is 276 g/mol. The molecule has 110 valence electrons. The highest BCUT2D eigenvalue weighted by Crippen LogP contribution is 2.20. The molecule has 3 aromatic rings. The van der Waals surface area contributed by atoms with Crippen LogP contribution in [0.2, 0.25) is 0 Å². The molecule has 4 rings (SSSR count).